The van der Waals surface area contributed by atoms with Crippen molar-refractivity contribution in [3.8, 4) is 0 Å². The van der Waals surface area contributed by atoms with Gasteiger partial charge in [0, 0.05) is 19.1 Å². The molecule has 0 spiro atoms. The maximum absolute atomic E-state index is 13.5. The molecule has 0 bridgehead atoms. The summed E-state index contributed by atoms with van der Waals surface area (Å²) in [6, 6.07) is 8.86. The summed E-state index contributed by atoms with van der Waals surface area (Å²) in [7, 11) is 0. The summed E-state index contributed by atoms with van der Waals surface area (Å²) in [5.41, 5.74) is 12.9. The first-order valence-corrected chi connectivity index (χ1v) is 12.1. The van der Waals surface area contributed by atoms with E-state index in [2.05, 4.69) is 15.3 Å². The van der Waals surface area contributed by atoms with Gasteiger partial charge < -0.3 is 21.7 Å². The van der Waals surface area contributed by atoms with Crippen molar-refractivity contribution in [1.82, 2.24) is 14.9 Å². The van der Waals surface area contributed by atoms with E-state index >= 15 is 0 Å². The minimum atomic E-state index is -0.708. The molecule has 1 aliphatic heterocycles. The smallest absolute Gasteiger partial charge is 0.332 e. The lowest BCUT2D eigenvalue weighted by Crippen LogP contribution is -2.41. The number of benzene rings is 1. The van der Waals surface area contributed by atoms with Crippen LogP contribution in [0, 0.1) is 16.0 Å². The van der Waals surface area contributed by atoms with E-state index in [9.17, 15) is 14.9 Å². The highest BCUT2D eigenvalue weighted by atomic mass is 16.6. The summed E-state index contributed by atoms with van der Waals surface area (Å²) < 4.78 is 0. The van der Waals surface area contributed by atoms with E-state index in [1.54, 1.807) is 0 Å². The van der Waals surface area contributed by atoms with Crippen LogP contribution in [-0.2, 0) is 11.2 Å². The Morgan fingerprint density at radius 1 is 1.12 bits per heavy atom. The molecule has 1 aromatic heterocycles. The molecule has 5 N–H and O–H groups in total. The van der Waals surface area contributed by atoms with Crippen molar-refractivity contribution in [1.29, 1.82) is 0 Å². The Bertz CT molecular complexity index is 1000. The highest BCUT2D eigenvalue weighted by molar-refractivity contribution is 5.86. The number of hydrogen-bond donors (Lipinski definition) is 3. The summed E-state index contributed by atoms with van der Waals surface area (Å²) in [6.07, 6.45) is 7.07. The molecule has 2 aliphatic rings. The second kappa shape index (κ2) is 10.8. The zero-order valence-corrected chi connectivity index (χ0v) is 19.4. The predicted octanol–water partition coefficient (Wildman–Crippen LogP) is 3.19. The lowest BCUT2D eigenvalue weighted by molar-refractivity contribution is -0.385. The Kier molecular flexibility index (Phi) is 7.56. The normalized spacial score (nSPS) is 21.6. The van der Waals surface area contributed by atoms with Crippen LogP contribution in [0.5, 0.6) is 0 Å². The van der Waals surface area contributed by atoms with Gasteiger partial charge in [-0.25, -0.2) is 4.98 Å². The molecule has 10 heteroatoms. The Labute approximate surface area is 199 Å². The molecule has 1 aromatic carbocycles. The van der Waals surface area contributed by atoms with E-state index in [1.807, 2.05) is 35.2 Å². The number of nitrogens with two attached hydrogens (primary N) is 2. The predicted molar refractivity (Wildman–Crippen MR) is 130 cm³/mol. The molecule has 2 fully saturated rings. The van der Waals surface area contributed by atoms with Crippen LogP contribution >= 0.6 is 0 Å². The molecule has 1 atom stereocenters. The van der Waals surface area contributed by atoms with Crippen molar-refractivity contribution in [2.75, 3.05) is 24.1 Å². The zero-order valence-electron chi connectivity index (χ0n) is 19.4. The van der Waals surface area contributed by atoms with Gasteiger partial charge in [0.15, 0.2) is 0 Å². The van der Waals surface area contributed by atoms with E-state index in [-0.39, 0.29) is 35.3 Å². The second-order valence-electron chi connectivity index (χ2n) is 9.34. The van der Waals surface area contributed by atoms with Gasteiger partial charge in [0.25, 0.3) is 0 Å². The van der Waals surface area contributed by atoms with Crippen LogP contribution in [0.3, 0.4) is 0 Å². The number of rotatable bonds is 7. The zero-order chi connectivity index (χ0) is 24.1. The van der Waals surface area contributed by atoms with Crippen LogP contribution in [0.2, 0.25) is 0 Å². The molecule has 0 unspecified atom stereocenters. The molecule has 4 rings (SSSR count). The Morgan fingerprint density at radius 3 is 2.44 bits per heavy atom. The minimum Gasteiger partial charge on any atom is -0.378 e. The van der Waals surface area contributed by atoms with Gasteiger partial charge in [-0.1, -0.05) is 30.3 Å². The highest BCUT2D eigenvalue weighted by Gasteiger charge is 2.31. The summed E-state index contributed by atoms with van der Waals surface area (Å²) in [4.78, 5) is 35.2. The molecule has 2 heterocycles. The third-order valence-corrected chi connectivity index (χ3v) is 6.86. The molecule has 1 saturated carbocycles. The van der Waals surface area contributed by atoms with E-state index in [1.165, 1.54) is 0 Å². The number of amides is 1. The quantitative estimate of drug-likeness (QED) is 0.414. The van der Waals surface area contributed by atoms with E-state index < -0.39 is 11.0 Å². The molecule has 1 saturated heterocycles. The van der Waals surface area contributed by atoms with Crippen LogP contribution in [0.1, 0.15) is 62.2 Å². The number of aromatic nitrogens is 2. The maximum atomic E-state index is 13.5. The van der Waals surface area contributed by atoms with Crippen molar-refractivity contribution in [2.24, 2.45) is 11.7 Å². The van der Waals surface area contributed by atoms with Crippen molar-refractivity contribution in [3.05, 3.63) is 51.7 Å². The van der Waals surface area contributed by atoms with E-state index in [0.717, 1.165) is 50.5 Å². The first kappa shape index (κ1) is 23.9. The molecule has 10 nitrogen and oxygen atoms in total. The maximum Gasteiger partial charge on any atom is 0.332 e. The number of piperidine rings is 1. The molecule has 0 radical (unpaired) electrons. The van der Waals surface area contributed by atoms with Crippen LogP contribution in [0.4, 0.5) is 17.5 Å². The van der Waals surface area contributed by atoms with Gasteiger partial charge in [0.1, 0.15) is 11.7 Å². The first-order chi connectivity index (χ1) is 16.4. The Balaban J connectivity index is 1.63. The standard InChI is InChI=1S/C24H33N7O3/c25-18-11-9-16(10-12-18)15-19-21(31(33)34)22(26)29-24(27-19)28-20(17-7-3-1-4-8-17)23(32)30-13-5-2-6-14-30/h1,3-4,7-8,16,18,20H,2,5-6,9-15,25H2,(H3,26,27,28,29)/t16-,18-,20-/m1/s1. The fourth-order valence-electron chi connectivity index (χ4n) is 4.95. The van der Waals surface area contributed by atoms with Gasteiger partial charge in [-0.05, 0) is 62.8 Å². The minimum absolute atomic E-state index is 0.0609. The topological polar surface area (TPSA) is 153 Å². The monoisotopic (exact) mass is 467 g/mol. The van der Waals surface area contributed by atoms with Gasteiger partial charge in [0.05, 0.1) is 4.92 Å². The number of likely N-dealkylation sites (tertiary alicyclic amines) is 1. The number of hydrogen-bond acceptors (Lipinski definition) is 8. The third kappa shape index (κ3) is 5.61. The van der Waals surface area contributed by atoms with E-state index in [4.69, 9.17) is 11.5 Å². The fraction of sp³-hybridized carbons (Fsp3) is 0.542. The number of carbonyl (C=O) groups is 1. The first-order valence-electron chi connectivity index (χ1n) is 12.1. The largest absolute Gasteiger partial charge is 0.378 e. The summed E-state index contributed by atoms with van der Waals surface area (Å²) in [5, 5.41) is 14.9. The van der Waals surface area contributed by atoms with E-state index in [0.29, 0.717) is 25.2 Å². The van der Waals surface area contributed by atoms with Gasteiger partial charge in [-0.3, -0.25) is 14.9 Å². The molecule has 1 amide bonds. The lowest BCUT2D eigenvalue weighted by Gasteiger charge is -2.31. The average molecular weight is 468 g/mol. The van der Waals surface area contributed by atoms with Gasteiger partial charge in [-0.15, -0.1) is 0 Å². The molecular formula is C24H33N7O3. The molecule has 182 valence electrons. The van der Waals surface area contributed by atoms with Crippen LogP contribution in [0.15, 0.2) is 30.3 Å². The Hall–Kier alpha value is -3.27. The number of nitrogen functional groups attached to an aromatic ring is 1. The SMILES string of the molecule is Nc1nc(N[C@@H](C(=O)N2CCCCC2)c2ccccc2)nc(C[C@H]2CC[C@H](N)CC2)c1[N+](=O)[O-]. The van der Waals surface area contributed by atoms with Crippen LogP contribution in [0.25, 0.3) is 0 Å². The van der Waals surface area contributed by atoms with Gasteiger partial charge in [0.2, 0.25) is 17.7 Å². The lowest BCUT2D eigenvalue weighted by atomic mass is 9.83. The van der Waals surface area contributed by atoms with Crippen LogP contribution in [-0.4, -0.2) is 44.8 Å². The average Bonchev–Trinajstić information content (AvgIpc) is 2.84. The van der Waals surface area contributed by atoms with Gasteiger partial charge >= 0.3 is 5.69 Å². The van der Waals surface area contributed by atoms with Gasteiger partial charge in [-0.2, -0.15) is 4.98 Å². The summed E-state index contributed by atoms with van der Waals surface area (Å²) in [6.45, 7) is 1.42. The van der Waals surface area contributed by atoms with Crippen molar-refractivity contribution >= 4 is 23.4 Å². The number of carbonyl (C=O) groups excluding carboxylic acids is 1. The second-order valence-corrected chi connectivity index (χ2v) is 9.34. The summed E-state index contributed by atoms with van der Waals surface area (Å²) in [5.74, 6) is 0.127. The van der Waals surface area contributed by atoms with Crippen molar-refractivity contribution in [3.63, 3.8) is 0 Å². The molecule has 1 aliphatic carbocycles. The molecule has 34 heavy (non-hydrogen) atoms. The molecule has 2 aromatic rings. The van der Waals surface area contributed by atoms with Crippen LogP contribution < -0.4 is 16.8 Å². The highest BCUT2D eigenvalue weighted by Crippen LogP contribution is 2.33. The number of anilines is 2. The number of nitrogens with zero attached hydrogens (tertiary/aromatic N) is 4. The molecular weight excluding hydrogens is 434 g/mol. The number of nitrogens with one attached hydrogen (secondary N) is 1. The number of nitro groups is 1. The third-order valence-electron chi connectivity index (χ3n) is 6.86. The van der Waals surface area contributed by atoms with Crippen molar-refractivity contribution < 1.29 is 9.72 Å². The fourth-order valence-corrected chi connectivity index (χ4v) is 4.95. The Morgan fingerprint density at radius 2 is 1.79 bits per heavy atom. The summed E-state index contributed by atoms with van der Waals surface area (Å²) >= 11 is 0. The van der Waals surface area contributed by atoms with Crippen molar-refractivity contribution in [2.45, 2.75) is 63.5 Å².